The Morgan fingerprint density at radius 3 is 2.71 bits per heavy atom. The molecule has 10 nitrogen and oxygen atoms in total. The average Bonchev–Trinajstić information content (AvgIpc) is 3.15. The highest BCUT2D eigenvalue weighted by Gasteiger charge is 2.29. The van der Waals surface area contributed by atoms with E-state index in [1.165, 1.54) is 18.4 Å². The van der Waals surface area contributed by atoms with Gasteiger partial charge in [-0.15, -0.1) is 4.40 Å². The van der Waals surface area contributed by atoms with Gasteiger partial charge in [0.05, 0.1) is 11.3 Å². The van der Waals surface area contributed by atoms with Gasteiger partial charge in [0.15, 0.2) is 5.82 Å². The lowest BCUT2D eigenvalue weighted by molar-refractivity contribution is -0.150. The van der Waals surface area contributed by atoms with Gasteiger partial charge < -0.3 is 19.5 Å². The van der Waals surface area contributed by atoms with Crippen molar-refractivity contribution in [2.24, 2.45) is 4.40 Å². The molecule has 0 aliphatic carbocycles. The van der Waals surface area contributed by atoms with Crippen LogP contribution in [0, 0.1) is 6.92 Å². The van der Waals surface area contributed by atoms with Crippen LogP contribution in [0.15, 0.2) is 69.2 Å². The Labute approximate surface area is 177 Å². The predicted molar refractivity (Wildman–Crippen MR) is 110 cm³/mol. The molecule has 0 bridgehead atoms. The minimum absolute atomic E-state index is 0.157. The molecule has 0 fully saturated rings. The molecule has 3 heterocycles. The maximum atomic E-state index is 12.8. The smallest absolute Gasteiger partial charge is 0.340 e. The van der Waals surface area contributed by atoms with Gasteiger partial charge in [-0.2, -0.15) is 0 Å². The molecular formula is C20H18N4O6S. The van der Waals surface area contributed by atoms with Crippen molar-refractivity contribution >= 4 is 33.6 Å². The second-order valence-electron chi connectivity index (χ2n) is 6.85. The summed E-state index contributed by atoms with van der Waals surface area (Å²) in [5, 5.41) is 6.29. The van der Waals surface area contributed by atoms with E-state index in [-0.39, 0.29) is 29.5 Å². The molecule has 1 amide bonds. The number of aryl methyl sites for hydroxylation is 1. The number of amidine groups is 1. The van der Waals surface area contributed by atoms with Crippen molar-refractivity contribution in [2.75, 3.05) is 17.6 Å². The van der Waals surface area contributed by atoms with Crippen LogP contribution in [0.1, 0.15) is 17.4 Å². The van der Waals surface area contributed by atoms with Crippen LogP contribution in [-0.2, 0) is 24.3 Å². The summed E-state index contributed by atoms with van der Waals surface area (Å²) in [4.78, 5) is 27.2. The Balaban J connectivity index is 1.54. The topological polar surface area (TPSA) is 131 Å². The van der Waals surface area contributed by atoms with Crippen molar-refractivity contribution in [1.82, 2.24) is 10.1 Å². The summed E-state index contributed by atoms with van der Waals surface area (Å²) < 4.78 is 37.4. The first-order chi connectivity index (χ1) is 14.8. The van der Waals surface area contributed by atoms with E-state index >= 15 is 0 Å². The fourth-order valence-electron chi connectivity index (χ4n) is 3.01. The van der Waals surface area contributed by atoms with Gasteiger partial charge in [-0.05, 0) is 19.1 Å². The van der Waals surface area contributed by atoms with Crippen LogP contribution in [-0.4, -0.2) is 48.5 Å². The summed E-state index contributed by atoms with van der Waals surface area (Å²) in [6.45, 7) is 1.85. The number of nitrogens with zero attached hydrogens (tertiary/aromatic N) is 3. The first-order valence-corrected chi connectivity index (χ1v) is 10.9. The number of benzene rings is 1. The van der Waals surface area contributed by atoms with Crippen molar-refractivity contribution in [3.63, 3.8) is 0 Å². The lowest BCUT2D eigenvalue weighted by Crippen LogP contribution is -2.37. The lowest BCUT2D eigenvalue weighted by Gasteiger charge is -2.27. The van der Waals surface area contributed by atoms with Crippen molar-refractivity contribution in [3.8, 4) is 0 Å². The highest BCUT2D eigenvalue weighted by Crippen LogP contribution is 2.23. The number of nitrogens with one attached hydrogen (secondary N) is 1. The molecule has 0 saturated carbocycles. The molecule has 2 aliphatic rings. The van der Waals surface area contributed by atoms with Crippen molar-refractivity contribution in [3.05, 3.63) is 71.6 Å². The number of esters is 1. The number of amides is 1. The fraction of sp³-hybridized carbons (Fsp3) is 0.200. The average molecular weight is 442 g/mol. The molecule has 0 unspecified atom stereocenters. The number of ether oxygens (including phenoxy) is 1. The van der Waals surface area contributed by atoms with Crippen LogP contribution in [0.25, 0.3) is 0 Å². The predicted octanol–water partition coefficient (Wildman–Crippen LogP) is 1.70. The molecule has 1 aromatic heterocycles. The standard InChI is InChI=1S/C20H18N4O6S/c1-13-11-16(22-30-13)21-19(25)18(14-5-3-2-4-6-14)29-20(26)15-7-8-17-23-31(27,28)10-9-24(17)12-15/h2-8,11-12,18H,9-10H2,1H3,(H,21,22,25)/t18-/m1/s1. The first-order valence-electron chi connectivity index (χ1n) is 9.30. The van der Waals surface area contributed by atoms with Crippen LogP contribution >= 0.6 is 0 Å². The quantitative estimate of drug-likeness (QED) is 0.693. The van der Waals surface area contributed by atoms with E-state index < -0.39 is 28.0 Å². The summed E-state index contributed by atoms with van der Waals surface area (Å²) in [5.41, 5.74) is 0.629. The third-order valence-corrected chi connectivity index (χ3v) is 5.67. The molecule has 0 spiro atoms. The van der Waals surface area contributed by atoms with Gasteiger partial charge in [0.1, 0.15) is 11.6 Å². The van der Waals surface area contributed by atoms with Gasteiger partial charge in [-0.1, -0.05) is 35.5 Å². The number of carbonyl (C=O) groups excluding carboxylic acids is 2. The maximum absolute atomic E-state index is 12.8. The number of hydrogen-bond donors (Lipinski definition) is 1. The largest absolute Gasteiger partial charge is 0.444 e. The summed E-state index contributed by atoms with van der Waals surface area (Å²) in [6, 6.07) is 10.1. The van der Waals surface area contributed by atoms with E-state index in [4.69, 9.17) is 9.26 Å². The number of rotatable bonds is 5. The number of fused-ring (bicyclic) bond motifs is 1. The second-order valence-corrected chi connectivity index (χ2v) is 8.61. The lowest BCUT2D eigenvalue weighted by atomic mass is 10.1. The maximum Gasteiger partial charge on any atom is 0.340 e. The number of sulfonamides is 1. The zero-order valence-corrected chi connectivity index (χ0v) is 17.2. The van der Waals surface area contributed by atoms with Crippen LogP contribution < -0.4 is 5.32 Å². The Hall–Kier alpha value is -3.73. The van der Waals surface area contributed by atoms with E-state index in [1.54, 1.807) is 48.2 Å². The highest BCUT2D eigenvalue weighted by molar-refractivity contribution is 7.90. The summed E-state index contributed by atoms with van der Waals surface area (Å²) >= 11 is 0. The minimum atomic E-state index is -3.50. The van der Waals surface area contributed by atoms with Gasteiger partial charge >= 0.3 is 5.97 Å². The normalized spacial score (nSPS) is 17.8. The minimum Gasteiger partial charge on any atom is -0.444 e. The Kier molecular flexibility index (Phi) is 5.42. The number of aromatic nitrogens is 1. The van der Waals surface area contributed by atoms with Crippen LogP contribution in [0.3, 0.4) is 0 Å². The summed E-state index contributed by atoms with van der Waals surface area (Å²) in [6.07, 6.45) is 3.04. The van der Waals surface area contributed by atoms with Crippen molar-refractivity contribution < 1.29 is 27.3 Å². The van der Waals surface area contributed by atoms with E-state index in [0.29, 0.717) is 11.3 Å². The molecule has 160 valence electrons. The third-order valence-electron chi connectivity index (χ3n) is 4.50. The fourth-order valence-corrected chi connectivity index (χ4v) is 3.98. The Bertz CT molecular complexity index is 1210. The molecular weight excluding hydrogens is 424 g/mol. The molecule has 0 radical (unpaired) electrons. The molecule has 4 rings (SSSR count). The van der Waals surface area contributed by atoms with Gasteiger partial charge in [0.25, 0.3) is 15.9 Å². The molecule has 1 N–H and O–H groups in total. The molecule has 11 heteroatoms. The molecule has 31 heavy (non-hydrogen) atoms. The van der Waals surface area contributed by atoms with Gasteiger partial charge in [0.2, 0.25) is 6.10 Å². The van der Waals surface area contributed by atoms with E-state index in [2.05, 4.69) is 14.9 Å². The zero-order valence-electron chi connectivity index (χ0n) is 16.4. The first kappa shape index (κ1) is 20.5. The summed E-state index contributed by atoms with van der Waals surface area (Å²) in [5.74, 6) is -0.561. The summed E-state index contributed by atoms with van der Waals surface area (Å²) in [7, 11) is -3.50. The second kappa shape index (κ2) is 8.19. The van der Waals surface area contributed by atoms with Crippen LogP contribution in [0.5, 0.6) is 0 Å². The SMILES string of the molecule is Cc1cc(NC(=O)[C@H](OC(=O)C2=CN3CCS(=O)(=O)N=C3C=C2)c2ccccc2)no1. The van der Waals surface area contributed by atoms with Crippen molar-refractivity contribution in [2.45, 2.75) is 13.0 Å². The molecule has 1 atom stereocenters. The Morgan fingerprint density at radius 2 is 2.00 bits per heavy atom. The Morgan fingerprint density at radius 1 is 1.23 bits per heavy atom. The van der Waals surface area contributed by atoms with E-state index in [1.807, 2.05) is 0 Å². The highest BCUT2D eigenvalue weighted by atomic mass is 32.2. The van der Waals surface area contributed by atoms with Crippen LogP contribution in [0.2, 0.25) is 0 Å². The zero-order chi connectivity index (χ0) is 22.0. The van der Waals surface area contributed by atoms with Gasteiger partial charge in [-0.3, -0.25) is 4.79 Å². The van der Waals surface area contributed by atoms with E-state index in [0.717, 1.165) is 0 Å². The number of carbonyl (C=O) groups is 2. The molecule has 1 aromatic carbocycles. The third kappa shape index (κ3) is 4.72. The monoisotopic (exact) mass is 442 g/mol. The van der Waals surface area contributed by atoms with E-state index in [9.17, 15) is 18.0 Å². The molecule has 2 aromatic rings. The van der Waals surface area contributed by atoms with Crippen molar-refractivity contribution in [1.29, 1.82) is 0 Å². The molecule has 0 saturated heterocycles. The van der Waals surface area contributed by atoms with Gasteiger partial charge in [0, 0.05) is 24.4 Å². The number of hydrogen-bond acceptors (Lipinski definition) is 8. The number of anilines is 1. The molecule has 2 aliphatic heterocycles. The van der Waals surface area contributed by atoms with Crippen LogP contribution in [0.4, 0.5) is 5.82 Å². The van der Waals surface area contributed by atoms with Gasteiger partial charge in [-0.25, -0.2) is 13.2 Å².